The number of guanidine groups is 1. The molecule has 1 atom stereocenters. The van der Waals surface area contributed by atoms with Gasteiger partial charge in [-0.1, -0.05) is 30.3 Å². The van der Waals surface area contributed by atoms with Crippen molar-refractivity contribution in [1.29, 1.82) is 0 Å². The minimum atomic E-state index is 0.229. The predicted octanol–water partition coefficient (Wildman–Crippen LogP) is 1.21. The number of nitrogens with zero attached hydrogens (tertiary/aromatic N) is 3. The lowest BCUT2D eigenvalue weighted by atomic mass is 10.2. The topological polar surface area (TPSA) is 54.2 Å². The summed E-state index contributed by atoms with van der Waals surface area (Å²) < 4.78 is 1.81. The van der Waals surface area contributed by atoms with Gasteiger partial charge in [0.2, 0.25) is 0 Å². The molecule has 0 radical (unpaired) electrons. The van der Waals surface area contributed by atoms with E-state index in [0.29, 0.717) is 0 Å². The number of benzene rings is 1. The highest BCUT2D eigenvalue weighted by molar-refractivity contribution is 5.81. The molecule has 0 spiro atoms. The maximum absolute atomic E-state index is 4.48. The van der Waals surface area contributed by atoms with E-state index in [1.165, 1.54) is 11.1 Å². The predicted molar refractivity (Wildman–Crippen MR) is 74.7 cm³/mol. The number of aromatic nitrogens is 2. The van der Waals surface area contributed by atoms with E-state index in [1.54, 1.807) is 0 Å². The molecule has 5 heteroatoms. The van der Waals surface area contributed by atoms with Gasteiger partial charge in [0.1, 0.15) is 0 Å². The molecule has 5 nitrogen and oxygen atoms in total. The molecule has 1 aliphatic heterocycles. The first-order valence-corrected chi connectivity index (χ1v) is 6.38. The minimum Gasteiger partial charge on any atom is -0.352 e. The van der Waals surface area contributed by atoms with Crippen molar-refractivity contribution in [1.82, 2.24) is 20.4 Å². The Morgan fingerprint density at radius 1 is 1.37 bits per heavy atom. The van der Waals surface area contributed by atoms with Crippen LogP contribution in [-0.4, -0.2) is 22.3 Å². The van der Waals surface area contributed by atoms with Gasteiger partial charge in [-0.15, -0.1) is 0 Å². The molecule has 98 valence electrons. The molecule has 1 aliphatic rings. The highest BCUT2D eigenvalue weighted by Crippen LogP contribution is 2.15. The van der Waals surface area contributed by atoms with E-state index in [0.717, 1.165) is 19.0 Å². The molecule has 0 fully saturated rings. The lowest BCUT2D eigenvalue weighted by Crippen LogP contribution is -2.34. The van der Waals surface area contributed by atoms with Gasteiger partial charge >= 0.3 is 0 Å². The molecule has 0 bridgehead atoms. The number of nitrogens with one attached hydrogen (secondary N) is 2. The molecule has 0 saturated carbocycles. The van der Waals surface area contributed by atoms with Crippen molar-refractivity contribution in [3.8, 4) is 0 Å². The van der Waals surface area contributed by atoms with Crippen LogP contribution in [0.1, 0.15) is 17.2 Å². The molecule has 0 saturated heterocycles. The van der Waals surface area contributed by atoms with Crippen molar-refractivity contribution in [2.24, 2.45) is 12.0 Å². The molecule has 3 rings (SSSR count). The Hall–Kier alpha value is -2.30. The third kappa shape index (κ3) is 2.76. The van der Waals surface area contributed by atoms with E-state index in [-0.39, 0.29) is 6.04 Å². The van der Waals surface area contributed by atoms with Crippen LogP contribution >= 0.6 is 0 Å². The molecule has 1 aromatic heterocycles. The minimum absolute atomic E-state index is 0.229. The summed E-state index contributed by atoms with van der Waals surface area (Å²) in [5.41, 5.74) is 2.42. The molecule has 0 amide bonds. The summed E-state index contributed by atoms with van der Waals surface area (Å²) in [7, 11) is 1.92. The highest BCUT2D eigenvalue weighted by atomic mass is 15.3. The Kier molecular flexibility index (Phi) is 3.18. The summed E-state index contributed by atoms with van der Waals surface area (Å²) >= 11 is 0. The average Bonchev–Trinajstić information content (AvgIpc) is 3.06. The van der Waals surface area contributed by atoms with Gasteiger partial charge in [-0.25, -0.2) is 0 Å². The van der Waals surface area contributed by atoms with Crippen LogP contribution in [0.5, 0.6) is 0 Å². The largest absolute Gasteiger partial charge is 0.352 e. The zero-order valence-corrected chi connectivity index (χ0v) is 10.9. The SMILES string of the molecule is Cn1cc(C2CN=C(NCc3ccccc3)N2)cn1. The first-order valence-electron chi connectivity index (χ1n) is 6.38. The smallest absolute Gasteiger partial charge is 0.192 e. The maximum Gasteiger partial charge on any atom is 0.192 e. The molecule has 19 heavy (non-hydrogen) atoms. The van der Waals surface area contributed by atoms with Gasteiger partial charge in [0, 0.05) is 25.4 Å². The van der Waals surface area contributed by atoms with Crippen LogP contribution in [0.25, 0.3) is 0 Å². The van der Waals surface area contributed by atoms with Gasteiger partial charge in [0.15, 0.2) is 5.96 Å². The van der Waals surface area contributed by atoms with Gasteiger partial charge in [0.25, 0.3) is 0 Å². The fraction of sp³-hybridized carbons (Fsp3) is 0.286. The van der Waals surface area contributed by atoms with Gasteiger partial charge in [-0.3, -0.25) is 9.67 Å². The summed E-state index contributed by atoms with van der Waals surface area (Å²) in [6, 6.07) is 10.5. The zero-order chi connectivity index (χ0) is 13.1. The molecule has 1 aromatic carbocycles. The molecular formula is C14H17N5. The van der Waals surface area contributed by atoms with E-state index in [1.807, 2.05) is 42.3 Å². The van der Waals surface area contributed by atoms with Gasteiger partial charge in [0.05, 0.1) is 18.8 Å². The fourth-order valence-corrected chi connectivity index (χ4v) is 2.14. The van der Waals surface area contributed by atoms with Crippen molar-refractivity contribution in [3.05, 3.63) is 53.9 Å². The summed E-state index contributed by atoms with van der Waals surface area (Å²) in [4.78, 5) is 4.48. The molecule has 2 N–H and O–H groups in total. The maximum atomic E-state index is 4.48. The third-order valence-electron chi connectivity index (χ3n) is 3.17. The number of hydrogen-bond donors (Lipinski definition) is 2. The average molecular weight is 255 g/mol. The van der Waals surface area contributed by atoms with E-state index in [2.05, 4.69) is 32.9 Å². The van der Waals surface area contributed by atoms with Crippen molar-refractivity contribution in [2.45, 2.75) is 12.6 Å². The van der Waals surface area contributed by atoms with Crippen molar-refractivity contribution in [2.75, 3.05) is 6.54 Å². The van der Waals surface area contributed by atoms with Crippen molar-refractivity contribution in [3.63, 3.8) is 0 Å². The second-order valence-corrected chi connectivity index (χ2v) is 4.67. The van der Waals surface area contributed by atoms with Gasteiger partial charge < -0.3 is 10.6 Å². The van der Waals surface area contributed by atoms with Crippen LogP contribution in [0.15, 0.2) is 47.7 Å². The number of rotatable bonds is 3. The molecule has 1 unspecified atom stereocenters. The normalized spacial score (nSPS) is 17.9. The van der Waals surface area contributed by atoms with Crippen molar-refractivity contribution >= 4 is 5.96 Å². The number of aliphatic imine (C=N–C) groups is 1. The lowest BCUT2D eigenvalue weighted by Gasteiger charge is -2.11. The van der Waals surface area contributed by atoms with Crippen LogP contribution in [-0.2, 0) is 13.6 Å². The second-order valence-electron chi connectivity index (χ2n) is 4.67. The van der Waals surface area contributed by atoms with Gasteiger partial charge in [-0.05, 0) is 5.56 Å². The van der Waals surface area contributed by atoms with Crippen LogP contribution in [0.4, 0.5) is 0 Å². The van der Waals surface area contributed by atoms with E-state index in [9.17, 15) is 0 Å². The Morgan fingerprint density at radius 3 is 2.95 bits per heavy atom. The summed E-state index contributed by atoms with van der Waals surface area (Å²) in [5.74, 6) is 0.859. The molecule has 0 aliphatic carbocycles. The Balaban J connectivity index is 1.54. The van der Waals surface area contributed by atoms with Crippen LogP contribution in [0.3, 0.4) is 0 Å². The molecule has 2 heterocycles. The summed E-state index contributed by atoms with van der Waals surface area (Å²) in [5, 5.41) is 10.9. The van der Waals surface area contributed by atoms with Crippen LogP contribution in [0, 0.1) is 0 Å². The van der Waals surface area contributed by atoms with E-state index in [4.69, 9.17) is 0 Å². The Labute approximate surface area is 112 Å². The molecule has 2 aromatic rings. The third-order valence-corrected chi connectivity index (χ3v) is 3.17. The summed E-state index contributed by atoms with van der Waals surface area (Å²) in [6.45, 7) is 1.54. The summed E-state index contributed by atoms with van der Waals surface area (Å²) in [6.07, 6.45) is 3.90. The Bertz CT molecular complexity index is 573. The number of hydrogen-bond acceptors (Lipinski definition) is 4. The fourth-order valence-electron chi connectivity index (χ4n) is 2.14. The zero-order valence-electron chi connectivity index (χ0n) is 10.9. The quantitative estimate of drug-likeness (QED) is 0.867. The standard InChI is InChI=1S/C14H17N5/c1-19-10-12(8-17-19)13-9-16-14(18-13)15-7-11-5-3-2-4-6-11/h2-6,8,10,13H,7,9H2,1H3,(H2,15,16,18). The lowest BCUT2D eigenvalue weighted by molar-refractivity contribution is 0.695. The van der Waals surface area contributed by atoms with Crippen LogP contribution < -0.4 is 10.6 Å². The number of aryl methyl sites for hydroxylation is 1. The van der Waals surface area contributed by atoms with E-state index >= 15 is 0 Å². The monoisotopic (exact) mass is 255 g/mol. The molecular weight excluding hydrogens is 238 g/mol. The Morgan fingerprint density at radius 2 is 2.21 bits per heavy atom. The van der Waals surface area contributed by atoms with E-state index < -0.39 is 0 Å². The first-order chi connectivity index (χ1) is 9.31. The second kappa shape index (κ2) is 5.14. The van der Waals surface area contributed by atoms with Crippen molar-refractivity contribution < 1.29 is 0 Å². The first kappa shape index (κ1) is 11.8. The van der Waals surface area contributed by atoms with Crippen LogP contribution in [0.2, 0.25) is 0 Å². The highest BCUT2D eigenvalue weighted by Gasteiger charge is 2.19. The van der Waals surface area contributed by atoms with Gasteiger partial charge in [-0.2, -0.15) is 5.10 Å².